The molecule has 4 heteroatoms. The topological polar surface area (TPSA) is 38.1 Å². The number of rotatable bonds is 6. The van der Waals surface area contributed by atoms with Crippen molar-refractivity contribution in [1.82, 2.24) is 9.55 Å². The first-order chi connectivity index (χ1) is 13.6. The maximum Gasteiger partial charge on any atom is 0.227 e. The molecule has 146 valence electrons. The molecule has 4 rings (SSSR count). The SMILES string of the molecule is CCCCCn1c([C@H]2CC(=O)N(c3ccc(C)cc3C)C2)nc2ccccc21. The number of hydrogen-bond donors (Lipinski definition) is 0. The van der Waals surface area contributed by atoms with Crippen LogP contribution in [-0.2, 0) is 11.3 Å². The van der Waals surface area contributed by atoms with E-state index in [4.69, 9.17) is 4.98 Å². The lowest BCUT2D eigenvalue weighted by Gasteiger charge is -2.20. The quantitative estimate of drug-likeness (QED) is 0.544. The van der Waals surface area contributed by atoms with E-state index in [1.54, 1.807) is 0 Å². The molecule has 1 fully saturated rings. The molecule has 2 heterocycles. The number of imidazole rings is 1. The highest BCUT2D eigenvalue weighted by Gasteiger charge is 2.35. The van der Waals surface area contributed by atoms with Gasteiger partial charge < -0.3 is 9.47 Å². The van der Waals surface area contributed by atoms with Gasteiger partial charge in [0.15, 0.2) is 0 Å². The molecular weight excluding hydrogens is 346 g/mol. The van der Waals surface area contributed by atoms with Gasteiger partial charge in [-0.25, -0.2) is 4.98 Å². The minimum Gasteiger partial charge on any atom is -0.328 e. The van der Waals surface area contributed by atoms with Gasteiger partial charge in [-0.05, 0) is 44.0 Å². The van der Waals surface area contributed by atoms with Gasteiger partial charge in [0.05, 0.1) is 11.0 Å². The Hall–Kier alpha value is -2.62. The highest BCUT2D eigenvalue weighted by atomic mass is 16.2. The lowest BCUT2D eigenvalue weighted by molar-refractivity contribution is -0.117. The summed E-state index contributed by atoms with van der Waals surface area (Å²) in [5, 5.41) is 0. The van der Waals surface area contributed by atoms with Crippen molar-refractivity contribution < 1.29 is 4.79 Å². The summed E-state index contributed by atoms with van der Waals surface area (Å²) < 4.78 is 2.36. The number of hydrogen-bond acceptors (Lipinski definition) is 2. The van der Waals surface area contributed by atoms with Crippen molar-refractivity contribution in [2.75, 3.05) is 11.4 Å². The summed E-state index contributed by atoms with van der Waals surface area (Å²) >= 11 is 0. The monoisotopic (exact) mass is 375 g/mol. The predicted molar refractivity (Wildman–Crippen MR) is 115 cm³/mol. The fourth-order valence-corrected chi connectivity index (χ4v) is 4.38. The first-order valence-electron chi connectivity index (χ1n) is 10.4. The average Bonchev–Trinajstić information content (AvgIpc) is 3.23. The number of aryl methyl sites for hydroxylation is 3. The van der Waals surface area contributed by atoms with Gasteiger partial charge in [0.2, 0.25) is 5.91 Å². The Morgan fingerprint density at radius 1 is 1.11 bits per heavy atom. The van der Waals surface area contributed by atoms with E-state index in [2.05, 4.69) is 61.7 Å². The number of fused-ring (bicyclic) bond motifs is 1. The van der Waals surface area contributed by atoms with Crippen LogP contribution in [0.4, 0.5) is 5.69 Å². The summed E-state index contributed by atoms with van der Waals surface area (Å²) in [7, 11) is 0. The number of nitrogens with zero attached hydrogens (tertiary/aromatic N) is 3. The van der Waals surface area contributed by atoms with E-state index in [1.807, 2.05) is 11.0 Å². The highest BCUT2D eigenvalue weighted by Crippen LogP contribution is 2.34. The number of benzene rings is 2. The zero-order valence-corrected chi connectivity index (χ0v) is 17.1. The molecule has 1 aliphatic rings. The second kappa shape index (κ2) is 7.78. The van der Waals surface area contributed by atoms with Crippen molar-refractivity contribution in [2.45, 2.75) is 58.9 Å². The summed E-state index contributed by atoms with van der Waals surface area (Å²) in [6, 6.07) is 14.7. The number of unbranched alkanes of at least 4 members (excludes halogenated alkanes) is 2. The van der Waals surface area contributed by atoms with Gasteiger partial charge in [-0.2, -0.15) is 0 Å². The molecule has 0 radical (unpaired) electrons. The van der Waals surface area contributed by atoms with E-state index in [9.17, 15) is 4.79 Å². The maximum absolute atomic E-state index is 12.9. The van der Waals surface area contributed by atoms with Gasteiger partial charge in [0.1, 0.15) is 5.82 Å². The van der Waals surface area contributed by atoms with Crippen LogP contribution in [0, 0.1) is 13.8 Å². The third-order valence-corrected chi connectivity index (χ3v) is 5.80. The molecule has 0 bridgehead atoms. The number of anilines is 1. The van der Waals surface area contributed by atoms with E-state index in [0.29, 0.717) is 13.0 Å². The summed E-state index contributed by atoms with van der Waals surface area (Å²) in [6.45, 7) is 8.08. The van der Waals surface area contributed by atoms with Crippen LogP contribution in [-0.4, -0.2) is 22.0 Å². The fourth-order valence-electron chi connectivity index (χ4n) is 4.38. The van der Waals surface area contributed by atoms with Gasteiger partial charge in [0.25, 0.3) is 0 Å². The van der Waals surface area contributed by atoms with Crippen molar-refractivity contribution in [3.8, 4) is 0 Å². The Labute approximate surface area is 167 Å². The van der Waals surface area contributed by atoms with E-state index >= 15 is 0 Å². The van der Waals surface area contributed by atoms with Crippen molar-refractivity contribution in [3.05, 3.63) is 59.4 Å². The largest absolute Gasteiger partial charge is 0.328 e. The normalized spacial score (nSPS) is 17.0. The summed E-state index contributed by atoms with van der Waals surface area (Å²) in [5.74, 6) is 1.41. The number of para-hydroxylation sites is 2. The zero-order valence-electron chi connectivity index (χ0n) is 17.1. The van der Waals surface area contributed by atoms with Crippen LogP contribution >= 0.6 is 0 Å². The molecule has 0 unspecified atom stereocenters. The first kappa shape index (κ1) is 18.7. The molecule has 1 saturated heterocycles. The number of amides is 1. The number of carbonyl (C=O) groups is 1. The summed E-state index contributed by atoms with van der Waals surface area (Å²) in [4.78, 5) is 19.8. The molecular formula is C24H29N3O. The minimum atomic E-state index is 0.141. The van der Waals surface area contributed by atoms with E-state index < -0.39 is 0 Å². The van der Waals surface area contributed by atoms with Crippen LogP contribution in [0.5, 0.6) is 0 Å². The third-order valence-electron chi connectivity index (χ3n) is 5.80. The van der Waals surface area contributed by atoms with Gasteiger partial charge in [-0.15, -0.1) is 0 Å². The van der Waals surface area contributed by atoms with Gasteiger partial charge >= 0.3 is 0 Å². The van der Waals surface area contributed by atoms with Crippen LogP contribution in [0.25, 0.3) is 11.0 Å². The van der Waals surface area contributed by atoms with Gasteiger partial charge in [-0.1, -0.05) is 49.6 Å². The zero-order chi connectivity index (χ0) is 19.7. The Morgan fingerprint density at radius 2 is 1.93 bits per heavy atom. The van der Waals surface area contributed by atoms with Gasteiger partial charge in [-0.3, -0.25) is 4.79 Å². The number of aromatic nitrogens is 2. The molecule has 0 saturated carbocycles. The molecule has 4 nitrogen and oxygen atoms in total. The van der Waals surface area contributed by atoms with E-state index in [0.717, 1.165) is 35.6 Å². The van der Waals surface area contributed by atoms with Crippen LogP contribution in [0.2, 0.25) is 0 Å². The molecule has 0 spiro atoms. The van der Waals surface area contributed by atoms with E-state index in [1.165, 1.54) is 23.9 Å². The van der Waals surface area contributed by atoms with Crippen molar-refractivity contribution >= 4 is 22.6 Å². The Balaban J connectivity index is 1.66. The average molecular weight is 376 g/mol. The number of carbonyl (C=O) groups excluding carboxylic acids is 1. The third kappa shape index (κ3) is 3.44. The molecule has 1 aromatic heterocycles. The lowest BCUT2D eigenvalue weighted by atomic mass is 10.1. The van der Waals surface area contributed by atoms with Crippen LogP contribution in [0.15, 0.2) is 42.5 Å². The molecule has 1 atom stereocenters. The van der Waals surface area contributed by atoms with Crippen molar-refractivity contribution in [1.29, 1.82) is 0 Å². The van der Waals surface area contributed by atoms with Crippen LogP contribution in [0.1, 0.15) is 55.5 Å². The Bertz CT molecular complexity index is 1000. The standard InChI is InChI=1S/C24H29N3O/c1-4-5-8-13-26-22-10-7-6-9-20(22)25-24(26)19-15-23(28)27(16-19)21-12-11-17(2)14-18(21)3/h6-7,9-12,14,19H,4-5,8,13,15-16H2,1-3H3/t19-/m0/s1. The molecule has 28 heavy (non-hydrogen) atoms. The summed E-state index contributed by atoms with van der Waals surface area (Å²) in [5.41, 5.74) is 5.64. The fraction of sp³-hybridized carbons (Fsp3) is 0.417. The van der Waals surface area contributed by atoms with Crippen molar-refractivity contribution in [3.63, 3.8) is 0 Å². The molecule has 1 aliphatic heterocycles. The second-order valence-electron chi connectivity index (χ2n) is 8.01. The molecule has 0 N–H and O–H groups in total. The van der Waals surface area contributed by atoms with Crippen LogP contribution < -0.4 is 4.90 Å². The minimum absolute atomic E-state index is 0.141. The van der Waals surface area contributed by atoms with Gasteiger partial charge in [0, 0.05) is 31.1 Å². The molecule has 0 aliphatic carbocycles. The Kier molecular flexibility index (Phi) is 5.21. The van der Waals surface area contributed by atoms with E-state index in [-0.39, 0.29) is 11.8 Å². The molecule has 3 aromatic rings. The van der Waals surface area contributed by atoms with Crippen LogP contribution in [0.3, 0.4) is 0 Å². The van der Waals surface area contributed by atoms with Crippen molar-refractivity contribution in [2.24, 2.45) is 0 Å². The second-order valence-corrected chi connectivity index (χ2v) is 8.01. The lowest BCUT2D eigenvalue weighted by Crippen LogP contribution is -2.25. The maximum atomic E-state index is 12.9. The molecule has 1 amide bonds. The predicted octanol–water partition coefficient (Wildman–Crippen LogP) is 5.36. The Morgan fingerprint density at radius 3 is 2.71 bits per heavy atom. The summed E-state index contributed by atoms with van der Waals surface area (Å²) in [6.07, 6.45) is 4.09. The molecule has 2 aromatic carbocycles. The smallest absolute Gasteiger partial charge is 0.227 e. The first-order valence-corrected chi connectivity index (χ1v) is 10.4. The highest BCUT2D eigenvalue weighted by molar-refractivity contribution is 5.97.